The van der Waals surface area contributed by atoms with Gasteiger partial charge < -0.3 is 9.80 Å². The molecular weight excluding hydrogens is 296 g/mol. The Kier molecular flexibility index (Phi) is 5.47. The smallest absolute Gasteiger partial charge is 0.248 e. The molecule has 0 atom stereocenters. The van der Waals surface area contributed by atoms with Crippen LogP contribution in [0.3, 0.4) is 0 Å². The van der Waals surface area contributed by atoms with Gasteiger partial charge in [-0.05, 0) is 0 Å². The van der Waals surface area contributed by atoms with Gasteiger partial charge in [-0.2, -0.15) is 9.98 Å². The van der Waals surface area contributed by atoms with Crippen molar-refractivity contribution in [2.24, 2.45) is 9.98 Å². The molecule has 20 heavy (non-hydrogen) atoms. The fourth-order valence-corrected chi connectivity index (χ4v) is 3.79. The summed E-state index contributed by atoms with van der Waals surface area (Å²) in [4.78, 5) is 35.4. The normalized spacial score (nSPS) is 23.1. The molecule has 0 N–H and O–H groups in total. The standard InChI is InChI=1S/C12H18N4O2S2/c1-15-5-7-19-11(15)13-9(17)3-4-10(18)14-12-16(2)6-8-20-12/h3-8H2,1-2H3/b13-11-,14-12-. The molecule has 0 aromatic rings. The van der Waals surface area contributed by atoms with Crippen LogP contribution in [0.25, 0.3) is 0 Å². The summed E-state index contributed by atoms with van der Waals surface area (Å²) in [6.07, 6.45) is 0.254. The van der Waals surface area contributed by atoms with Gasteiger partial charge >= 0.3 is 0 Å². The Bertz CT molecular complexity index is 422. The SMILES string of the molecule is CN1CCS/C1=N\C(=O)CCC(=O)/N=C1\SCCN1C. The molecule has 2 heterocycles. The van der Waals surface area contributed by atoms with Crippen molar-refractivity contribution in [3.63, 3.8) is 0 Å². The maximum atomic E-state index is 11.7. The number of carbonyl (C=O) groups is 2. The lowest BCUT2D eigenvalue weighted by molar-refractivity contribution is -0.122. The Morgan fingerprint density at radius 2 is 1.35 bits per heavy atom. The van der Waals surface area contributed by atoms with Gasteiger partial charge in [0, 0.05) is 51.5 Å². The minimum Gasteiger partial charge on any atom is -0.353 e. The fraction of sp³-hybridized carbons (Fsp3) is 0.667. The van der Waals surface area contributed by atoms with Crippen molar-refractivity contribution in [3.05, 3.63) is 0 Å². The summed E-state index contributed by atoms with van der Waals surface area (Å²) in [6.45, 7) is 1.82. The third kappa shape index (κ3) is 4.24. The summed E-state index contributed by atoms with van der Waals surface area (Å²) in [5.74, 6) is 1.42. The van der Waals surface area contributed by atoms with Crippen LogP contribution < -0.4 is 0 Å². The number of nitrogens with zero attached hydrogens (tertiary/aromatic N) is 4. The van der Waals surface area contributed by atoms with Gasteiger partial charge in [-0.1, -0.05) is 23.5 Å². The van der Waals surface area contributed by atoms with Gasteiger partial charge in [-0.25, -0.2) is 0 Å². The van der Waals surface area contributed by atoms with Gasteiger partial charge in [0.2, 0.25) is 11.8 Å². The molecule has 2 aliphatic rings. The van der Waals surface area contributed by atoms with Crippen molar-refractivity contribution in [1.82, 2.24) is 9.80 Å². The van der Waals surface area contributed by atoms with Crippen molar-refractivity contribution in [3.8, 4) is 0 Å². The van der Waals surface area contributed by atoms with E-state index in [1.165, 1.54) is 0 Å². The molecule has 2 saturated heterocycles. The Balaban J connectivity index is 1.80. The van der Waals surface area contributed by atoms with E-state index in [9.17, 15) is 9.59 Å². The zero-order valence-electron chi connectivity index (χ0n) is 11.7. The third-order valence-corrected chi connectivity index (χ3v) is 5.06. The van der Waals surface area contributed by atoms with E-state index < -0.39 is 0 Å². The first-order valence-electron chi connectivity index (χ1n) is 6.47. The van der Waals surface area contributed by atoms with E-state index >= 15 is 0 Å². The van der Waals surface area contributed by atoms with E-state index in [2.05, 4.69) is 9.98 Å². The molecule has 2 fully saturated rings. The monoisotopic (exact) mass is 314 g/mol. The van der Waals surface area contributed by atoms with Crippen LogP contribution in [0.4, 0.5) is 0 Å². The second kappa shape index (κ2) is 7.12. The Hall–Kier alpha value is -1.02. The first-order valence-corrected chi connectivity index (χ1v) is 8.44. The summed E-state index contributed by atoms with van der Waals surface area (Å²) in [5, 5.41) is 1.50. The van der Waals surface area contributed by atoms with Crippen molar-refractivity contribution >= 4 is 45.7 Å². The molecule has 110 valence electrons. The van der Waals surface area contributed by atoms with E-state index in [4.69, 9.17) is 0 Å². The molecular formula is C12H18N4O2S2. The predicted molar refractivity (Wildman–Crippen MR) is 84.3 cm³/mol. The van der Waals surface area contributed by atoms with Gasteiger partial charge in [0.25, 0.3) is 0 Å². The highest BCUT2D eigenvalue weighted by Crippen LogP contribution is 2.17. The van der Waals surface area contributed by atoms with E-state index in [-0.39, 0.29) is 24.7 Å². The Labute approximate surface area is 127 Å². The van der Waals surface area contributed by atoms with Crippen LogP contribution in [-0.2, 0) is 9.59 Å². The highest BCUT2D eigenvalue weighted by Gasteiger charge is 2.18. The molecule has 6 nitrogen and oxygen atoms in total. The summed E-state index contributed by atoms with van der Waals surface area (Å²) >= 11 is 3.14. The second-order valence-corrected chi connectivity index (χ2v) is 6.74. The number of hydrogen-bond acceptors (Lipinski definition) is 4. The van der Waals surface area contributed by atoms with Gasteiger partial charge in [-0.15, -0.1) is 0 Å². The second-order valence-electron chi connectivity index (χ2n) is 4.62. The van der Waals surface area contributed by atoms with Crippen molar-refractivity contribution in [1.29, 1.82) is 0 Å². The van der Waals surface area contributed by atoms with Crippen LogP contribution >= 0.6 is 23.5 Å². The first kappa shape index (κ1) is 15.4. The van der Waals surface area contributed by atoms with E-state index in [0.717, 1.165) is 34.9 Å². The molecule has 0 bridgehead atoms. The van der Waals surface area contributed by atoms with Crippen molar-refractivity contribution in [2.75, 3.05) is 38.7 Å². The van der Waals surface area contributed by atoms with Crippen LogP contribution in [0.5, 0.6) is 0 Å². The molecule has 0 saturated carbocycles. The van der Waals surface area contributed by atoms with Gasteiger partial charge in [0.1, 0.15) is 0 Å². The number of thioether (sulfide) groups is 2. The molecule has 0 aromatic heterocycles. The minimum absolute atomic E-state index is 0.127. The quantitative estimate of drug-likeness (QED) is 0.771. The molecule has 2 aliphatic heterocycles. The number of hydrogen-bond donors (Lipinski definition) is 0. The van der Waals surface area contributed by atoms with Crippen LogP contribution in [0.15, 0.2) is 9.98 Å². The topological polar surface area (TPSA) is 65.3 Å². The average molecular weight is 314 g/mol. The lowest BCUT2D eigenvalue weighted by Crippen LogP contribution is -2.20. The maximum absolute atomic E-state index is 11.7. The molecule has 8 heteroatoms. The number of rotatable bonds is 3. The lowest BCUT2D eigenvalue weighted by atomic mass is 10.3. The summed E-state index contributed by atoms with van der Waals surface area (Å²) in [5.41, 5.74) is 0. The Morgan fingerprint density at radius 1 is 0.950 bits per heavy atom. The molecule has 0 unspecified atom stereocenters. The van der Waals surface area contributed by atoms with E-state index in [1.54, 1.807) is 23.5 Å². The van der Waals surface area contributed by atoms with Crippen LogP contribution in [0, 0.1) is 0 Å². The largest absolute Gasteiger partial charge is 0.353 e. The molecule has 0 aromatic carbocycles. The molecule has 0 aliphatic carbocycles. The first-order chi connectivity index (χ1) is 9.56. The van der Waals surface area contributed by atoms with Gasteiger partial charge in [-0.3, -0.25) is 9.59 Å². The third-order valence-electron chi connectivity index (χ3n) is 2.96. The van der Waals surface area contributed by atoms with Crippen molar-refractivity contribution in [2.45, 2.75) is 12.8 Å². The summed E-state index contributed by atoms with van der Waals surface area (Å²) in [7, 11) is 3.83. The summed E-state index contributed by atoms with van der Waals surface area (Å²) in [6, 6.07) is 0. The molecule has 2 amide bonds. The molecule has 0 spiro atoms. The molecule has 2 rings (SSSR count). The fourth-order valence-electron chi connectivity index (χ4n) is 1.73. The average Bonchev–Trinajstić information content (AvgIpc) is 2.98. The number of amides is 2. The van der Waals surface area contributed by atoms with Gasteiger partial charge in [0.15, 0.2) is 10.3 Å². The van der Waals surface area contributed by atoms with Crippen LogP contribution in [-0.4, -0.2) is 70.6 Å². The number of aliphatic imine (C=N–C) groups is 2. The van der Waals surface area contributed by atoms with Crippen molar-refractivity contribution < 1.29 is 9.59 Å². The molecule has 0 radical (unpaired) electrons. The van der Waals surface area contributed by atoms with E-state index in [1.807, 2.05) is 23.9 Å². The number of carbonyl (C=O) groups excluding carboxylic acids is 2. The number of amidine groups is 2. The zero-order chi connectivity index (χ0) is 14.5. The minimum atomic E-state index is -0.248. The van der Waals surface area contributed by atoms with Gasteiger partial charge in [0.05, 0.1) is 0 Å². The van der Waals surface area contributed by atoms with Crippen LogP contribution in [0.2, 0.25) is 0 Å². The summed E-state index contributed by atoms with van der Waals surface area (Å²) < 4.78 is 0. The Morgan fingerprint density at radius 3 is 1.65 bits per heavy atom. The maximum Gasteiger partial charge on any atom is 0.248 e. The zero-order valence-corrected chi connectivity index (χ0v) is 13.3. The highest BCUT2D eigenvalue weighted by atomic mass is 32.2. The van der Waals surface area contributed by atoms with E-state index in [0.29, 0.717) is 0 Å². The lowest BCUT2D eigenvalue weighted by Gasteiger charge is -2.09. The predicted octanol–water partition coefficient (Wildman–Crippen LogP) is 0.889. The highest BCUT2D eigenvalue weighted by molar-refractivity contribution is 8.14. The van der Waals surface area contributed by atoms with Crippen LogP contribution in [0.1, 0.15) is 12.8 Å².